The molecule has 2 heterocycles. The van der Waals surface area contributed by atoms with Gasteiger partial charge in [-0.1, -0.05) is 31.9 Å². The molecule has 0 saturated heterocycles. The summed E-state index contributed by atoms with van der Waals surface area (Å²) >= 11 is 6.30. The van der Waals surface area contributed by atoms with E-state index < -0.39 is 11.6 Å². The maximum atomic E-state index is 13.1. The zero-order valence-corrected chi connectivity index (χ0v) is 21.2. The smallest absolute Gasteiger partial charge is 0.349 e. The number of hydrogen-bond donors (Lipinski definition) is 0. The van der Waals surface area contributed by atoms with Crippen molar-refractivity contribution in [1.82, 2.24) is 19.3 Å². The number of aromatic nitrogens is 4. The van der Waals surface area contributed by atoms with Gasteiger partial charge in [-0.2, -0.15) is 5.10 Å². The van der Waals surface area contributed by atoms with Crippen LogP contribution in [-0.2, 0) is 29.5 Å². The minimum Gasteiger partial charge on any atom is -0.490 e. The second-order valence-electron chi connectivity index (χ2n) is 8.25. The van der Waals surface area contributed by atoms with Gasteiger partial charge >= 0.3 is 5.97 Å². The lowest BCUT2D eigenvalue weighted by molar-refractivity contribution is -0.157. The van der Waals surface area contributed by atoms with Gasteiger partial charge in [-0.15, -0.1) is 0 Å². The average Bonchev–Trinajstić information content (AvgIpc) is 3.12. The number of rotatable bonds is 10. The summed E-state index contributed by atoms with van der Waals surface area (Å²) < 4.78 is 19.8. The molecule has 2 aromatic heterocycles. The predicted octanol–water partition coefficient (Wildman–Crippen LogP) is 3.84. The van der Waals surface area contributed by atoms with Gasteiger partial charge in [0.05, 0.1) is 24.4 Å². The number of benzene rings is 1. The molecule has 0 spiro atoms. The van der Waals surface area contributed by atoms with Crippen molar-refractivity contribution >= 4 is 28.6 Å². The summed E-state index contributed by atoms with van der Waals surface area (Å²) in [5, 5.41) is 4.86. The Kier molecular flexibility index (Phi) is 7.86. The van der Waals surface area contributed by atoms with Crippen LogP contribution in [-0.4, -0.2) is 44.6 Å². The first-order chi connectivity index (χ1) is 16.1. The molecule has 1 atom stereocenters. The number of carbonyl (C=O) groups is 1. The standard InChI is InChI=1S/C24H31ClN4O5/c1-7-9-18-20-21(28(5)27-18)22(30)29(15(3)26-20)12-13-33-19-14-16(10-11-17(19)25)34-24(4,8-2)23(31)32-6/h10-11,14H,7-9,12-13H2,1-6H3/t24-/m0/s1. The summed E-state index contributed by atoms with van der Waals surface area (Å²) in [6.45, 7) is 7.81. The Morgan fingerprint density at radius 3 is 2.65 bits per heavy atom. The zero-order chi connectivity index (χ0) is 25.0. The highest BCUT2D eigenvalue weighted by Gasteiger charge is 2.35. The molecule has 0 aliphatic heterocycles. The van der Waals surface area contributed by atoms with E-state index in [1.165, 1.54) is 7.11 Å². The van der Waals surface area contributed by atoms with Crippen LogP contribution in [0.25, 0.3) is 11.0 Å². The molecule has 0 saturated carbocycles. The van der Waals surface area contributed by atoms with Crippen LogP contribution in [0.3, 0.4) is 0 Å². The first-order valence-electron chi connectivity index (χ1n) is 11.3. The Hall–Kier alpha value is -3.07. The Morgan fingerprint density at radius 1 is 1.26 bits per heavy atom. The third-order valence-electron chi connectivity index (χ3n) is 5.80. The highest BCUT2D eigenvalue weighted by molar-refractivity contribution is 6.32. The molecule has 34 heavy (non-hydrogen) atoms. The van der Waals surface area contributed by atoms with Crippen LogP contribution in [0.5, 0.6) is 11.5 Å². The van der Waals surface area contributed by atoms with Crippen LogP contribution in [0.2, 0.25) is 5.02 Å². The second-order valence-corrected chi connectivity index (χ2v) is 8.66. The number of ether oxygens (including phenoxy) is 3. The fourth-order valence-electron chi connectivity index (χ4n) is 3.73. The van der Waals surface area contributed by atoms with Gasteiger partial charge in [0.1, 0.15) is 29.4 Å². The lowest BCUT2D eigenvalue weighted by Crippen LogP contribution is -2.41. The minimum atomic E-state index is -1.13. The predicted molar refractivity (Wildman–Crippen MR) is 130 cm³/mol. The first-order valence-corrected chi connectivity index (χ1v) is 11.7. The van der Waals surface area contributed by atoms with Gasteiger partial charge in [0, 0.05) is 13.1 Å². The molecule has 0 bridgehead atoms. The van der Waals surface area contributed by atoms with Crippen molar-refractivity contribution in [3.8, 4) is 11.5 Å². The van der Waals surface area contributed by atoms with Crippen molar-refractivity contribution in [1.29, 1.82) is 0 Å². The Balaban J connectivity index is 1.79. The van der Waals surface area contributed by atoms with Gasteiger partial charge in [0.2, 0.25) is 5.60 Å². The van der Waals surface area contributed by atoms with Crippen LogP contribution < -0.4 is 15.0 Å². The number of esters is 1. The normalized spacial score (nSPS) is 13.0. The van der Waals surface area contributed by atoms with E-state index in [0.29, 0.717) is 39.8 Å². The number of methoxy groups -OCH3 is 1. The van der Waals surface area contributed by atoms with E-state index in [1.807, 2.05) is 6.92 Å². The summed E-state index contributed by atoms with van der Waals surface area (Å²) in [6.07, 6.45) is 2.11. The molecule has 0 fully saturated rings. The van der Waals surface area contributed by atoms with E-state index in [-0.39, 0.29) is 18.7 Å². The zero-order valence-electron chi connectivity index (χ0n) is 20.5. The minimum absolute atomic E-state index is 0.163. The highest BCUT2D eigenvalue weighted by atomic mass is 35.5. The molecule has 0 aliphatic rings. The molecule has 1 aromatic carbocycles. The summed E-state index contributed by atoms with van der Waals surface area (Å²) in [7, 11) is 3.08. The Morgan fingerprint density at radius 2 is 2.00 bits per heavy atom. The van der Waals surface area contributed by atoms with Gasteiger partial charge in [-0.25, -0.2) is 9.78 Å². The average molecular weight is 491 g/mol. The van der Waals surface area contributed by atoms with Gasteiger partial charge in [0.15, 0.2) is 5.52 Å². The van der Waals surface area contributed by atoms with Crippen LogP contribution in [0.1, 0.15) is 45.1 Å². The fraction of sp³-hybridized carbons (Fsp3) is 0.500. The molecule has 184 valence electrons. The van der Waals surface area contributed by atoms with Crippen molar-refractivity contribution in [2.75, 3.05) is 13.7 Å². The van der Waals surface area contributed by atoms with Crippen LogP contribution in [0, 0.1) is 6.92 Å². The van der Waals surface area contributed by atoms with Gasteiger partial charge in [-0.3, -0.25) is 14.0 Å². The van der Waals surface area contributed by atoms with E-state index in [2.05, 4.69) is 17.0 Å². The molecule has 0 amide bonds. The summed E-state index contributed by atoms with van der Waals surface area (Å²) in [6, 6.07) is 4.92. The fourth-order valence-corrected chi connectivity index (χ4v) is 3.90. The van der Waals surface area contributed by atoms with Crippen LogP contribution in [0.15, 0.2) is 23.0 Å². The van der Waals surface area contributed by atoms with Crippen molar-refractivity contribution in [2.45, 2.75) is 59.1 Å². The van der Waals surface area contributed by atoms with Crippen LogP contribution in [0.4, 0.5) is 0 Å². The molecule has 0 unspecified atom stereocenters. The summed E-state index contributed by atoms with van der Waals surface area (Å²) in [4.78, 5) is 29.9. The largest absolute Gasteiger partial charge is 0.490 e. The van der Waals surface area contributed by atoms with Crippen LogP contribution >= 0.6 is 11.6 Å². The van der Waals surface area contributed by atoms with Crippen molar-refractivity contribution in [3.05, 3.63) is 45.1 Å². The molecular formula is C24H31ClN4O5. The molecule has 10 heteroatoms. The molecule has 0 radical (unpaired) electrons. The number of nitrogens with zero attached hydrogens (tertiary/aromatic N) is 4. The maximum Gasteiger partial charge on any atom is 0.349 e. The Labute approximate surface area is 203 Å². The van der Waals surface area contributed by atoms with E-state index in [4.69, 9.17) is 25.8 Å². The lowest BCUT2D eigenvalue weighted by Gasteiger charge is -2.26. The van der Waals surface area contributed by atoms with Gasteiger partial charge < -0.3 is 14.2 Å². The number of halogens is 1. The first kappa shape index (κ1) is 25.6. The van der Waals surface area contributed by atoms with E-state index >= 15 is 0 Å². The molecule has 0 N–H and O–H groups in total. The number of hydrogen-bond acceptors (Lipinski definition) is 7. The Bertz CT molecular complexity index is 1250. The van der Waals surface area contributed by atoms with Gasteiger partial charge in [-0.05, 0) is 38.8 Å². The third-order valence-corrected chi connectivity index (χ3v) is 6.11. The van der Waals surface area contributed by atoms with E-state index in [9.17, 15) is 9.59 Å². The molecular weight excluding hydrogens is 460 g/mol. The topological polar surface area (TPSA) is 97.5 Å². The molecule has 0 aliphatic carbocycles. The van der Waals surface area contributed by atoms with Crippen molar-refractivity contribution in [3.63, 3.8) is 0 Å². The molecule has 3 rings (SSSR count). The summed E-state index contributed by atoms with van der Waals surface area (Å²) in [5.41, 5.74) is 0.665. The second kappa shape index (κ2) is 10.5. The maximum absolute atomic E-state index is 13.1. The van der Waals surface area contributed by atoms with E-state index in [0.717, 1.165) is 18.5 Å². The number of carbonyl (C=O) groups excluding carboxylic acids is 1. The molecule has 9 nitrogen and oxygen atoms in total. The SMILES string of the molecule is CCCc1nn(C)c2c(=O)n(CCOc3cc(O[C@@](C)(CC)C(=O)OC)ccc3Cl)c(C)nc12. The quantitative estimate of drug-likeness (QED) is 0.398. The number of aryl methyl sites for hydroxylation is 3. The highest BCUT2D eigenvalue weighted by Crippen LogP contribution is 2.32. The third kappa shape index (κ3) is 5.04. The van der Waals surface area contributed by atoms with Crippen molar-refractivity contribution in [2.24, 2.45) is 7.05 Å². The summed E-state index contributed by atoms with van der Waals surface area (Å²) in [5.74, 6) is 0.922. The van der Waals surface area contributed by atoms with E-state index in [1.54, 1.807) is 48.3 Å². The van der Waals surface area contributed by atoms with Crippen molar-refractivity contribution < 1.29 is 19.0 Å². The molecule has 3 aromatic rings. The van der Waals surface area contributed by atoms with Gasteiger partial charge in [0.25, 0.3) is 5.56 Å². The number of fused-ring (bicyclic) bond motifs is 1. The monoisotopic (exact) mass is 490 g/mol. The lowest BCUT2D eigenvalue weighted by atomic mass is 10.0.